The van der Waals surface area contributed by atoms with Crippen LogP contribution in [0, 0.1) is 6.92 Å². The number of hydrogen-bond donors (Lipinski definition) is 1. The fourth-order valence-corrected chi connectivity index (χ4v) is 2.30. The normalized spacial score (nSPS) is 13.6. The second kappa shape index (κ2) is 7.45. The molecule has 0 fully saturated rings. The molecule has 0 bridgehead atoms. The van der Waals surface area contributed by atoms with Gasteiger partial charge in [0.05, 0.1) is 7.11 Å². The van der Waals surface area contributed by atoms with Crippen LogP contribution in [0.2, 0.25) is 0 Å². The minimum Gasteiger partial charge on any atom is -0.496 e. The van der Waals surface area contributed by atoms with E-state index >= 15 is 0 Å². The highest BCUT2D eigenvalue weighted by atomic mass is 79.9. The molecule has 1 atom stereocenters. The first-order valence-electron chi connectivity index (χ1n) is 6.49. The smallest absolute Gasteiger partial charge is 0.326 e. The maximum atomic E-state index is 13.9. The minimum absolute atomic E-state index is 0.00808. The molecule has 120 valence electrons. The van der Waals surface area contributed by atoms with Crippen molar-refractivity contribution in [1.29, 1.82) is 0 Å². The minimum atomic E-state index is -4.20. The van der Waals surface area contributed by atoms with Crippen molar-refractivity contribution in [2.45, 2.75) is 38.7 Å². The number of halogens is 5. The number of aryl methyl sites for hydroxylation is 1. The summed E-state index contributed by atoms with van der Waals surface area (Å²) < 4.78 is 58.9. The van der Waals surface area contributed by atoms with Crippen molar-refractivity contribution in [3.05, 3.63) is 27.7 Å². The molecular formula is C14H18BrF4NO. The van der Waals surface area contributed by atoms with Crippen molar-refractivity contribution >= 4 is 15.9 Å². The van der Waals surface area contributed by atoms with Crippen molar-refractivity contribution in [3.63, 3.8) is 0 Å². The van der Waals surface area contributed by atoms with Gasteiger partial charge in [0.1, 0.15) is 11.8 Å². The molecule has 1 rings (SSSR count). The van der Waals surface area contributed by atoms with Crippen LogP contribution in [0.1, 0.15) is 30.5 Å². The van der Waals surface area contributed by atoms with Crippen LogP contribution in [0.3, 0.4) is 0 Å². The van der Waals surface area contributed by atoms with Gasteiger partial charge in [-0.1, -0.05) is 22.9 Å². The van der Waals surface area contributed by atoms with E-state index in [0.29, 0.717) is 10.9 Å². The zero-order valence-corrected chi connectivity index (χ0v) is 13.6. The third kappa shape index (κ3) is 4.10. The Kier molecular flexibility index (Phi) is 6.46. The van der Waals surface area contributed by atoms with Gasteiger partial charge in [0.15, 0.2) is 0 Å². The molecule has 1 N–H and O–H groups in total. The van der Waals surface area contributed by atoms with Gasteiger partial charge in [-0.05, 0) is 37.6 Å². The summed E-state index contributed by atoms with van der Waals surface area (Å²) in [6.07, 6.45) is -3.22. The van der Waals surface area contributed by atoms with Gasteiger partial charge >= 0.3 is 12.3 Å². The van der Waals surface area contributed by atoms with E-state index in [-0.39, 0.29) is 17.9 Å². The Morgan fingerprint density at radius 2 is 1.95 bits per heavy atom. The number of rotatable bonds is 7. The number of methoxy groups -OCH3 is 1. The SMILES string of the molecule is CCCNC(c1cc(Br)c(C)cc1OC)C(F)(F)C(F)F. The molecule has 0 aromatic heterocycles. The van der Waals surface area contributed by atoms with E-state index in [4.69, 9.17) is 4.74 Å². The number of nitrogens with one attached hydrogen (secondary N) is 1. The lowest BCUT2D eigenvalue weighted by molar-refractivity contribution is -0.151. The third-order valence-electron chi connectivity index (χ3n) is 3.10. The lowest BCUT2D eigenvalue weighted by atomic mass is 9.98. The van der Waals surface area contributed by atoms with Crippen molar-refractivity contribution in [2.75, 3.05) is 13.7 Å². The average Bonchev–Trinajstić information content (AvgIpc) is 2.42. The standard InChI is InChI=1S/C14H18BrF4NO/c1-4-5-20-12(14(18,19)13(16)17)9-7-10(15)8(2)6-11(9)21-3/h6-7,12-13,20H,4-5H2,1-3H3. The summed E-state index contributed by atoms with van der Waals surface area (Å²) in [5.74, 6) is -4.04. The highest BCUT2D eigenvalue weighted by Crippen LogP contribution is 2.41. The fraction of sp³-hybridized carbons (Fsp3) is 0.571. The maximum Gasteiger partial charge on any atom is 0.326 e. The average molecular weight is 372 g/mol. The lowest BCUT2D eigenvalue weighted by Gasteiger charge is -2.29. The van der Waals surface area contributed by atoms with Crippen LogP contribution in [0.25, 0.3) is 0 Å². The second-order valence-corrected chi connectivity index (χ2v) is 5.56. The van der Waals surface area contributed by atoms with Gasteiger partial charge < -0.3 is 10.1 Å². The fourth-order valence-electron chi connectivity index (χ4n) is 1.94. The molecule has 0 radical (unpaired) electrons. The van der Waals surface area contributed by atoms with Crippen LogP contribution in [-0.2, 0) is 0 Å². The molecule has 21 heavy (non-hydrogen) atoms. The van der Waals surface area contributed by atoms with Crippen molar-refractivity contribution < 1.29 is 22.3 Å². The predicted molar refractivity (Wildman–Crippen MR) is 77.4 cm³/mol. The van der Waals surface area contributed by atoms with Gasteiger partial charge in [0.25, 0.3) is 0 Å². The van der Waals surface area contributed by atoms with Gasteiger partial charge in [-0.25, -0.2) is 8.78 Å². The first-order valence-corrected chi connectivity index (χ1v) is 7.28. The first kappa shape index (κ1) is 18.2. The Labute approximate surface area is 130 Å². The summed E-state index contributed by atoms with van der Waals surface area (Å²) >= 11 is 3.23. The monoisotopic (exact) mass is 371 g/mol. The van der Waals surface area contributed by atoms with Crippen LogP contribution >= 0.6 is 15.9 Å². The van der Waals surface area contributed by atoms with Gasteiger partial charge in [-0.2, -0.15) is 8.78 Å². The molecule has 0 spiro atoms. The number of hydrogen-bond acceptors (Lipinski definition) is 2. The van der Waals surface area contributed by atoms with E-state index in [2.05, 4.69) is 21.2 Å². The van der Waals surface area contributed by atoms with Gasteiger partial charge in [-0.15, -0.1) is 0 Å². The summed E-state index contributed by atoms with van der Waals surface area (Å²) in [6, 6.07) is 1.13. The van der Waals surface area contributed by atoms with Crippen LogP contribution in [0.4, 0.5) is 17.6 Å². The van der Waals surface area contributed by atoms with E-state index in [1.807, 2.05) is 0 Å². The van der Waals surface area contributed by atoms with Crippen LogP contribution in [0.15, 0.2) is 16.6 Å². The molecule has 1 unspecified atom stereocenters. The van der Waals surface area contributed by atoms with Gasteiger partial charge in [0.2, 0.25) is 0 Å². The highest BCUT2D eigenvalue weighted by Gasteiger charge is 2.50. The maximum absolute atomic E-state index is 13.9. The van der Waals surface area contributed by atoms with Crippen LogP contribution in [0.5, 0.6) is 5.75 Å². The number of benzene rings is 1. The zero-order chi connectivity index (χ0) is 16.2. The van der Waals surface area contributed by atoms with E-state index in [1.165, 1.54) is 13.2 Å². The largest absolute Gasteiger partial charge is 0.496 e. The van der Waals surface area contributed by atoms with Crippen LogP contribution < -0.4 is 10.1 Å². The van der Waals surface area contributed by atoms with Gasteiger partial charge in [-0.3, -0.25) is 0 Å². The topological polar surface area (TPSA) is 21.3 Å². The summed E-state index contributed by atoms with van der Waals surface area (Å²) in [7, 11) is 1.32. The quantitative estimate of drug-likeness (QED) is 0.701. The third-order valence-corrected chi connectivity index (χ3v) is 3.95. The summed E-state index contributed by atoms with van der Waals surface area (Å²) in [4.78, 5) is 0. The summed E-state index contributed by atoms with van der Waals surface area (Å²) in [6.45, 7) is 3.73. The molecule has 0 saturated heterocycles. The Balaban J connectivity index is 3.35. The summed E-state index contributed by atoms with van der Waals surface area (Å²) in [5.41, 5.74) is 0.777. The highest BCUT2D eigenvalue weighted by molar-refractivity contribution is 9.10. The molecule has 0 saturated carbocycles. The lowest BCUT2D eigenvalue weighted by Crippen LogP contribution is -2.43. The number of alkyl halides is 4. The molecule has 0 heterocycles. The summed E-state index contributed by atoms with van der Waals surface area (Å²) in [5, 5.41) is 2.50. The molecule has 7 heteroatoms. The molecule has 0 amide bonds. The van der Waals surface area contributed by atoms with E-state index in [0.717, 1.165) is 5.56 Å². The molecule has 0 aliphatic heterocycles. The zero-order valence-electron chi connectivity index (χ0n) is 12.0. The Morgan fingerprint density at radius 1 is 1.33 bits per heavy atom. The Hall–Kier alpha value is -0.820. The second-order valence-electron chi connectivity index (χ2n) is 4.71. The molecule has 1 aromatic rings. The van der Waals surface area contributed by atoms with Crippen molar-refractivity contribution in [3.8, 4) is 5.75 Å². The Bertz CT molecular complexity index is 482. The molecule has 1 aromatic carbocycles. The van der Waals surface area contributed by atoms with E-state index in [1.54, 1.807) is 19.9 Å². The number of ether oxygens (including phenoxy) is 1. The Morgan fingerprint density at radius 3 is 2.43 bits per heavy atom. The molecular weight excluding hydrogens is 354 g/mol. The molecule has 2 nitrogen and oxygen atoms in total. The van der Waals surface area contributed by atoms with Gasteiger partial charge in [0, 0.05) is 10.0 Å². The van der Waals surface area contributed by atoms with E-state index in [9.17, 15) is 17.6 Å². The predicted octanol–water partition coefficient (Wildman–Crippen LogP) is 4.71. The molecule has 0 aliphatic carbocycles. The van der Waals surface area contributed by atoms with Crippen molar-refractivity contribution in [2.24, 2.45) is 0 Å². The first-order chi connectivity index (χ1) is 9.75. The van der Waals surface area contributed by atoms with Crippen LogP contribution in [-0.4, -0.2) is 26.0 Å². The molecule has 0 aliphatic rings. The van der Waals surface area contributed by atoms with Crippen molar-refractivity contribution in [1.82, 2.24) is 5.32 Å². The van der Waals surface area contributed by atoms with E-state index < -0.39 is 18.4 Å².